The highest BCUT2D eigenvalue weighted by Crippen LogP contribution is 2.29. The Morgan fingerprint density at radius 1 is 1.20 bits per heavy atom. The molecule has 0 aromatic heterocycles. The highest BCUT2D eigenvalue weighted by Gasteiger charge is 2.27. The van der Waals surface area contributed by atoms with Gasteiger partial charge in [-0.2, -0.15) is 13.2 Å². The Morgan fingerprint density at radius 3 is 2.45 bits per heavy atom. The smallest absolute Gasteiger partial charge is 0.411 e. The Hall–Kier alpha value is -1.47. The van der Waals surface area contributed by atoms with Gasteiger partial charge in [0.1, 0.15) is 18.1 Å². The van der Waals surface area contributed by atoms with Crippen molar-refractivity contribution in [1.82, 2.24) is 0 Å². The topological polar surface area (TPSA) is 53.7 Å². The van der Waals surface area contributed by atoms with E-state index in [0.29, 0.717) is 17.1 Å². The number of benzene rings is 1. The van der Waals surface area contributed by atoms with E-state index in [1.54, 1.807) is 18.2 Å². The van der Waals surface area contributed by atoms with E-state index in [-0.39, 0.29) is 13.0 Å². The van der Waals surface area contributed by atoms with Crippen molar-refractivity contribution in [3.8, 4) is 11.5 Å². The second-order valence-electron chi connectivity index (χ2n) is 4.17. The van der Waals surface area contributed by atoms with Crippen LogP contribution < -0.4 is 15.2 Å². The number of methoxy groups -OCH3 is 2. The molecule has 0 aliphatic rings. The molecule has 0 fully saturated rings. The van der Waals surface area contributed by atoms with Crippen molar-refractivity contribution in [3.05, 3.63) is 23.8 Å². The zero-order valence-corrected chi connectivity index (χ0v) is 11.4. The lowest BCUT2D eigenvalue weighted by molar-refractivity contribution is -0.174. The summed E-state index contributed by atoms with van der Waals surface area (Å²) in [5, 5.41) is 0. The first-order valence-corrected chi connectivity index (χ1v) is 5.99. The summed E-state index contributed by atoms with van der Waals surface area (Å²) in [7, 11) is 3.02. The number of hydrogen-bond acceptors (Lipinski definition) is 4. The molecular formula is C13H18F3NO3. The van der Waals surface area contributed by atoms with Gasteiger partial charge in [-0.05, 0) is 12.5 Å². The van der Waals surface area contributed by atoms with Crippen LogP contribution in [0.3, 0.4) is 0 Å². The summed E-state index contributed by atoms with van der Waals surface area (Å²) in [6.45, 7) is -1.34. The van der Waals surface area contributed by atoms with Crippen LogP contribution in [0.15, 0.2) is 18.2 Å². The van der Waals surface area contributed by atoms with Gasteiger partial charge in [-0.1, -0.05) is 6.07 Å². The first-order valence-electron chi connectivity index (χ1n) is 5.99. The van der Waals surface area contributed by atoms with E-state index in [4.69, 9.17) is 15.2 Å². The maximum Gasteiger partial charge on any atom is 0.411 e. The van der Waals surface area contributed by atoms with Gasteiger partial charge >= 0.3 is 6.18 Å². The fourth-order valence-electron chi connectivity index (χ4n) is 1.68. The summed E-state index contributed by atoms with van der Waals surface area (Å²) in [5.41, 5.74) is 6.63. The van der Waals surface area contributed by atoms with Crippen molar-refractivity contribution in [3.63, 3.8) is 0 Å². The molecule has 4 nitrogen and oxygen atoms in total. The van der Waals surface area contributed by atoms with Crippen LogP contribution in [-0.2, 0) is 4.74 Å². The molecule has 0 bridgehead atoms. The molecule has 1 unspecified atom stereocenters. The van der Waals surface area contributed by atoms with Gasteiger partial charge < -0.3 is 19.9 Å². The molecular weight excluding hydrogens is 275 g/mol. The largest absolute Gasteiger partial charge is 0.497 e. The molecule has 1 atom stereocenters. The van der Waals surface area contributed by atoms with Crippen LogP contribution in [0, 0.1) is 0 Å². The Balaban J connectivity index is 2.56. The molecule has 0 aliphatic carbocycles. The Bertz CT molecular complexity index is 424. The summed E-state index contributed by atoms with van der Waals surface area (Å²) >= 11 is 0. The van der Waals surface area contributed by atoms with Crippen LogP contribution in [-0.4, -0.2) is 33.6 Å². The molecule has 0 saturated carbocycles. The fraction of sp³-hybridized carbons (Fsp3) is 0.538. The van der Waals surface area contributed by atoms with Gasteiger partial charge in [-0.25, -0.2) is 0 Å². The monoisotopic (exact) mass is 293 g/mol. The minimum Gasteiger partial charge on any atom is -0.497 e. The van der Waals surface area contributed by atoms with Crippen molar-refractivity contribution < 1.29 is 27.4 Å². The van der Waals surface area contributed by atoms with Gasteiger partial charge in [0.15, 0.2) is 0 Å². The van der Waals surface area contributed by atoms with E-state index >= 15 is 0 Å². The van der Waals surface area contributed by atoms with E-state index in [9.17, 15) is 13.2 Å². The fourth-order valence-corrected chi connectivity index (χ4v) is 1.68. The predicted octanol–water partition coefficient (Wildman–Crippen LogP) is 2.67. The molecule has 1 aromatic carbocycles. The average molecular weight is 293 g/mol. The molecule has 20 heavy (non-hydrogen) atoms. The van der Waals surface area contributed by atoms with Crippen molar-refractivity contribution in [1.29, 1.82) is 0 Å². The van der Waals surface area contributed by atoms with E-state index in [2.05, 4.69) is 4.74 Å². The predicted molar refractivity (Wildman–Crippen MR) is 68.0 cm³/mol. The van der Waals surface area contributed by atoms with Crippen LogP contribution in [0.1, 0.15) is 18.0 Å². The summed E-state index contributed by atoms with van der Waals surface area (Å²) in [5.74, 6) is 1.15. The molecule has 0 amide bonds. The number of hydrogen-bond donors (Lipinski definition) is 1. The van der Waals surface area contributed by atoms with Gasteiger partial charge in [-0.15, -0.1) is 0 Å². The third-order valence-corrected chi connectivity index (χ3v) is 2.68. The molecule has 7 heteroatoms. The van der Waals surface area contributed by atoms with Crippen molar-refractivity contribution in [2.75, 3.05) is 27.4 Å². The SMILES string of the molecule is COc1ccc(C(N)CCOCC(F)(F)F)c(OC)c1. The summed E-state index contributed by atoms with van der Waals surface area (Å²) in [6.07, 6.45) is -4.05. The zero-order valence-electron chi connectivity index (χ0n) is 11.4. The van der Waals surface area contributed by atoms with Crippen LogP contribution in [0.2, 0.25) is 0 Å². The molecule has 0 aliphatic heterocycles. The second kappa shape index (κ2) is 7.35. The third-order valence-electron chi connectivity index (χ3n) is 2.68. The molecule has 114 valence electrons. The lowest BCUT2D eigenvalue weighted by Crippen LogP contribution is -2.20. The van der Waals surface area contributed by atoms with E-state index in [1.165, 1.54) is 14.2 Å². The molecule has 0 radical (unpaired) electrons. The van der Waals surface area contributed by atoms with Crippen molar-refractivity contribution >= 4 is 0 Å². The van der Waals surface area contributed by atoms with E-state index in [1.807, 2.05) is 0 Å². The number of rotatable bonds is 7. The third kappa shape index (κ3) is 5.26. The number of alkyl halides is 3. The number of ether oxygens (including phenoxy) is 3. The highest BCUT2D eigenvalue weighted by atomic mass is 19.4. The highest BCUT2D eigenvalue weighted by molar-refractivity contribution is 5.42. The summed E-state index contributed by atoms with van der Waals surface area (Å²) in [6, 6.07) is 4.65. The van der Waals surface area contributed by atoms with Crippen LogP contribution in [0.25, 0.3) is 0 Å². The molecule has 2 N–H and O–H groups in total. The Kier molecular flexibility index (Phi) is 6.09. The van der Waals surface area contributed by atoms with Gasteiger partial charge in [0, 0.05) is 24.3 Å². The lowest BCUT2D eigenvalue weighted by Gasteiger charge is -2.17. The minimum absolute atomic E-state index is 0.0736. The van der Waals surface area contributed by atoms with Crippen LogP contribution in [0.4, 0.5) is 13.2 Å². The molecule has 0 saturated heterocycles. The van der Waals surface area contributed by atoms with E-state index < -0.39 is 18.8 Å². The first-order chi connectivity index (χ1) is 9.37. The Morgan fingerprint density at radius 2 is 1.90 bits per heavy atom. The standard InChI is InChI=1S/C13H18F3NO3/c1-18-9-3-4-10(12(7-9)19-2)11(17)5-6-20-8-13(14,15)16/h3-4,7,11H,5-6,8,17H2,1-2H3. The zero-order chi connectivity index (χ0) is 15.2. The molecule has 1 rings (SSSR count). The molecule has 0 heterocycles. The molecule has 1 aromatic rings. The van der Waals surface area contributed by atoms with Crippen molar-refractivity contribution in [2.24, 2.45) is 5.73 Å². The van der Waals surface area contributed by atoms with Crippen molar-refractivity contribution in [2.45, 2.75) is 18.6 Å². The minimum atomic E-state index is -4.32. The average Bonchev–Trinajstić information content (AvgIpc) is 2.41. The van der Waals surface area contributed by atoms with E-state index in [0.717, 1.165) is 0 Å². The quantitative estimate of drug-likeness (QED) is 0.785. The maximum atomic E-state index is 11.9. The first kappa shape index (κ1) is 16.6. The lowest BCUT2D eigenvalue weighted by atomic mass is 10.0. The normalized spacial score (nSPS) is 13.1. The molecule has 0 spiro atoms. The Labute approximate surface area is 115 Å². The number of nitrogens with two attached hydrogens (primary N) is 1. The van der Waals surface area contributed by atoms with Gasteiger partial charge in [0.2, 0.25) is 0 Å². The van der Waals surface area contributed by atoms with Gasteiger partial charge in [-0.3, -0.25) is 0 Å². The van der Waals surface area contributed by atoms with Gasteiger partial charge in [0.05, 0.1) is 14.2 Å². The second-order valence-corrected chi connectivity index (χ2v) is 4.17. The summed E-state index contributed by atoms with van der Waals surface area (Å²) < 4.78 is 50.5. The van der Waals surface area contributed by atoms with Gasteiger partial charge in [0.25, 0.3) is 0 Å². The van der Waals surface area contributed by atoms with Crippen LogP contribution >= 0.6 is 0 Å². The van der Waals surface area contributed by atoms with Crippen LogP contribution in [0.5, 0.6) is 11.5 Å². The summed E-state index contributed by atoms with van der Waals surface area (Å²) in [4.78, 5) is 0. The number of halogens is 3. The maximum absolute atomic E-state index is 11.9.